The molecule has 2 rings (SSSR count). The maximum absolute atomic E-state index is 13.7. The minimum absolute atomic E-state index is 0.364. The van der Waals surface area contributed by atoms with Crippen molar-refractivity contribution in [1.29, 1.82) is 0 Å². The van der Waals surface area contributed by atoms with Crippen LogP contribution in [0.5, 0.6) is 0 Å². The van der Waals surface area contributed by atoms with Gasteiger partial charge in [-0.1, -0.05) is 29.3 Å². The molecule has 0 aliphatic rings. The van der Waals surface area contributed by atoms with E-state index in [1.807, 2.05) is 24.3 Å². The van der Waals surface area contributed by atoms with Gasteiger partial charge < -0.3 is 5.73 Å². The van der Waals surface area contributed by atoms with Crippen molar-refractivity contribution in [3.8, 4) is 0 Å². The molecule has 0 saturated heterocycles. The monoisotopic (exact) mass is 315 g/mol. The fourth-order valence-corrected chi connectivity index (χ4v) is 2.77. The number of rotatable bonds is 4. The van der Waals surface area contributed by atoms with Gasteiger partial charge in [-0.05, 0) is 36.4 Å². The van der Waals surface area contributed by atoms with E-state index in [-0.39, 0.29) is 11.9 Å². The SMILES string of the molecule is NC(CSc1ccc(Cl)cc1)c1ccc(Cl)cc1F. The summed E-state index contributed by atoms with van der Waals surface area (Å²) in [7, 11) is 0. The van der Waals surface area contributed by atoms with Crippen LogP contribution in [0.15, 0.2) is 47.4 Å². The van der Waals surface area contributed by atoms with E-state index in [1.165, 1.54) is 6.07 Å². The third-order valence-corrected chi connectivity index (χ3v) is 4.22. The fourth-order valence-electron chi connectivity index (χ4n) is 1.61. The highest BCUT2D eigenvalue weighted by Crippen LogP contribution is 2.26. The molecule has 0 heterocycles. The normalized spacial score (nSPS) is 12.4. The van der Waals surface area contributed by atoms with Crippen molar-refractivity contribution in [1.82, 2.24) is 0 Å². The summed E-state index contributed by atoms with van der Waals surface area (Å²) >= 11 is 13.1. The topological polar surface area (TPSA) is 26.0 Å². The summed E-state index contributed by atoms with van der Waals surface area (Å²) in [4.78, 5) is 1.05. The number of hydrogen-bond acceptors (Lipinski definition) is 2. The molecule has 100 valence electrons. The van der Waals surface area contributed by atoms with Gasteiger partial charge >= 0.3 is 0 Å². The smallest absolute Gasteiger partial charge is 0.129 e. The van der Waals surface area contributed by atoms with E-state index in [2.05, 4.69) is 0 Å². The predicted octanol–water partition coefficient (Wildman–Crippen LogP) is 4.92. The Bertz CT molecular complexity index is 560. The maximum atomic E-state index is 13.7. The molecule has 1 nitrogen and oxygen atoms in total. The zero-order chi connectivity index (χ0) is 13.8. The van der Waals surface area contributed by atoms with E-state index in [4.69, 9.17) is 28.9 Å². The van der Waals surface area contributed by atoms with E-state index >= 15 is 0 Å². The van der Waals surface area contributed by atoms with Crippen molar-refractivity contribution in [2.75, 3.05) is 5.75 Å². The molecule has 2 N–H and O–H groups in total. The Labute approximate surface area is 125 Å². The molecule has 0 radical (unpaired) electrons. The van der Waals surface area contributed by atoms with E-state index in [0.717, 1.165) is 4.90 Å². The molecule has 0 spiro atoms. The summed E-state index contributed by atoms with van der Waals surface area (Å²) in [5.74, 6) is 0.219. The Morgan fingerprint density at radius 2 is 1.68 bits per heavy atom. The van der Waals surface area contributed by atoms with E-state index in [9.17, 15) is 4.39 Å². The third kappa shape index (κ3) is 4.11. The molecule has 0 saturated carbocycles. The van der Waals surface area contributed by atoms with Gasteiger partial charge in [0.15, 0.2) is 0 Å². The van der Waals surface area contributed by atoms with Crippen molar-refractivity contribution < 1.29 is 4.39 Å². The lowest BCUT2D eigenvalue weighted by Gasteiger charge is -2.13. The summed E-state index contributed by atoms with van der Waals surface area (Å²) in [6.07, 6.45) is 0. The number of nitrogens with two attached hydrogens (primary N) is 1. The standard InChI is InChI=1S/C14H12Cl2FNS/c15-9-1-4-11(5-2-9)19-8-14(18)12-6-3-10(16)7-13(12)17/h1-7,14H,8,18H2. The summed E-state index contributed by atoms with van der Waals surface area (Å²) < 4.78 is 13.7. The minimum atomic E-state index is -0.377. The van der Waals surface area contributed by atoms with Gasteiger partial charge in [0, 0.05) is 32.3 Å². The minimum Gasteiger partial charge on any atom is -0.323 e. The number of benzene rings is 2. The van der Waals surface area contributed by atoms with Crippen LogP contribution in [0.25, 0.3) is 0 Å². The van der Waals surface area contributed by atoms with Gasteiger partial charge in [0.25, 0.3) is 0 Å². The first-order chi connectivity index (χ1) is 9.06. The highest BCUT2D eigenvalue weighted by molar-refractivity contribution is 7.99. The molecule has 1 atom stereocenters. The molecule has 1 unspecified atom stereocenters. The molecule has 5 heteroatoms. The van der Waals surface area contributed by atoms with Crippen LogP contribution in [0, 0.1) is 5.82 Å². The second kappa shape index (κ2) is 6.62. The van der Waals surface area contributed by atoms with Gasteiger partial charge in [-0.25, -0.2) is 4.39 Å². The molecule has 0 aliphatic carbocycles. The quantitative estimate of drug-likeness (QED) is 0.810. The molecule has 0 bridgehead atoms. The zero-order valence-corrected chi connectivity index (χ0v) is 12.3. The largest absolute Gasteiger partial charge is 0.323 e. The maximum Gasteiger partial charge on any atom is 0.129 e. The van der Waals surface area contributed by atoms with E-state index in [0.29, 0.717) is 21.4 Å². The van der Waals surface area contributed by atoms with Crippen molar-refractivity contribution in [3.63, 3.8) is 0 Å². The van der Waals surface area contributed by atoms with Gasteiger partial charge in [0.1, 0.15) is 5.82 Å². The Kier molecular flexibility index (Phi) is 5.11. The van der Waals surface area contributed by atoms with Crippen LogP contribution in [0.4, 0.5) is 4.39 Å². The molecular weight excluding hydrogens is 304 g/mol. The van der Waals surface area contributed by atoms with Crippen LogP contribution < -0.4 is 5.73 Å². The molecule has 0 amide bonds. The van der Waals surface area contributed by atoms with Crippen LogP contribution in [0.3, 0.4) is 0 Å². The average Bonchev–Trinajstić information content (AvgIpc) is 2.37. The van der Waals surface area contributed by atoms with Crippen LogP contribution in [0.1, 0.15) is 11.6 Å². The van der Waals surface area contributed by atoms with Gasteiger partial charge in [-0.15, -0.1) is 11.8 Å². The zero-order valence-electron chi connectivity index (χ0n) is 9.95. The summed E-state index contributed by atoms with van der Waals surface area (Å²) in [5.41, 5.74) is 6.47. The molecule has 0 aromatic heterocycles. The van der Waals surface area contributed by atoms with E-state index < -0.39 is 0 Å². The molecule has 2 aromatic rings. The predicted molar refractivity (Wildman–Crippen MR) is 80.5 cm³/mol. The van der Waals surface area contributed by atoms with Crippen molar-refractivity contribution in [3.05, 3.63) is 63.9 Å². The van der Waals surface area contributed by atoms with Crippen molar-refractivity contribution >= 4 is 35.0 Å². The second-order valence-corrected chi connectivity index (χ2v) is 6.00. The first-order valence-electron chi connectivity index (χ1n) is 5.65. The summed E-state index contributed by atoms with van der Waals surface area (Å²) in [5, 5.41) is 1.07. The summed E-state index contributed by atoms with van der Waals surface area (Å²) in [6.45, 7) is 0. The van der Waals surface area contributed by atoms with Crippen LogP contribution >= 0.6 is 35.0 Å². The van der Waals surface area contributed by atoms with Gasteiger partial charge in [-0.3, -0.25) is 0 Å². The van der Waals surface area contributed by atoms with Crippen LogP contribution in [-0.2, 0) is 0 Å². The summed E-state index contributed by atoms with van der Waals surface area (Å²) in [6, 6.07) is 11.6. The lowest BCUT2D eigenvalue weighted by molar-refractivity contribution is 0.595. The van der Waals surface area contributed by atoms with E-state index in [1.54, 1.807) is 23.9 Å². The Hall–Kier alpha value is -0.740. The number of thioether (sulfide) groups is 1. The van der Waals surface area contributed by atoms with Gasteiger partial charge in [-0.2, -0.15) is 0 Å². The second-order valence-electron chi connectivity index (χ2n) is 4.04. The lowest BCUT2D eigenvalue weighted by atomic mass is 10.1. The highest BCUT2D eigenvalue weighted by Gasteiger charge is 2.12. The number of hydrogen-bond donors (Lipinski definition) is 1. The molecule has 0 fully saturated rings. The van der Waals surface area contributed by atoms with Crippen LogP contribution in [0.2, 0.25) is 10.0 Å². The Morgan fingerprint density at radius 1 is 1.05 bits per heavy atom. The Morgan fingerprint density at radius 3 is 2.32 bits per heavy atom. The first kappa shape index (κ1) is 14.7. The van der Waals surface area contributed by atoms with Crippen molar-refractivity contribution in [2.45, 2.75) is 10.9 Å². The highest BCUT2D eigenvalue weighted by atomic mass is 35.5. The van der Waals surface area contributed by atoms with Gasteiger partial charge in [0.05, 0.1) is 0 Å². The average molecular weight is 316 g/mol. The fraction of sp³-hybridized carbons (Fsp3) is 0.143. The van der Waals surface area contributed by atoms with Crippen molar-refractivity contribution in [2.24, 2.45) is 5.73 Å². The molecule has 19 heavy (non-hydrogen) atoms. The van der Waals surface area contributed by atoms with Crippen LogP contribution in [-0.4, -0.2) is 5.75 Å². The lowest BCUT2D eigenvalue weighted by Crippen LogP contribution is -2.14. The molecular formula is C14H12Cl2FNS. The Balaban J connectivity index is 2.01. The van der Waals surface area contributed by atoms with Gasteiger partial charge in [0.2, 0.25) is 0 Å². The molecule has 0 aliphatic heterocycles. The third-order valence-electron chi connectivity index (χ3n) is 2.61. The number of halogens is 3. The first-order valence-corrected chi connectivity index (χ1v) is 7.39. The molecule has 2 aromatic carbocycles.